The molecule has 4 nitrogen and oxygen atoms in total. The van der Waals surface area contributed by atoms with E-state index in [2.05, 4.69) is 19.1 Å². The molecule has 1 unspecified atom stereocenters. The quantitative estimate of drug-likeness (QED) is 0.259. The van der Waals surface area contributed by atoms with E-state index in [1.54, 1.807) is 36.0 Å². The van der Waals surface area contributed by atoms with Gasteiger partial charge in [-0.2, -0.15) is 0 Å². The number of allylic oxidation sites excluding steroid dienone is 2. The van der Waals surface area contributed by atoms with E-state index in [9.17, 15) is 15.3 Å². The molecule has 1 heterocycles. The molecule has 0 spiro atoms. The first-order valence-corrected chi connectivity index (χ1v) is 14.1. The Morgan fingerprint density at radius 2 is 1.70 bits per heavy atom. The first kappa shape index (κ1) is 25.4. The van der Waals surface area contributed by atoms with Crippen molar-refractivity contribution in [2.24, 2.45) is 0 Å². The largest absolute Gasteiger partial charge is 0.507 e. The van der Waals surface area contributed by atoms with Gasteiger partial charge in [-0.25, -0.2) is 0 Å². The number of rotatable bonds is 5. The van der Waals surface area contributed by atoms with Gasteiger partial charge in [-0.15, -0.1) is 11.8 Å². The fraction of sp³-hybridized carbons (Fsp3) is 0.226. The molecule has 0 amide bonds. The van der Waals surface area contributed by atoms with Crippen molar-refractivity contribution >= 4 is 46.4 Å². The smallest absolute Gasteiger partial charge is 0.161 e. The lowest BCUT2D eigenvalue weighted by Crippen LogP contribution is -2.42. The molecule has 3 aromatic carbocycles. The number of halogens is 1. The fourth-order valence-corrected chi connectivity index (χ4v) is 5.78. The Kier molecular flexibility index (Phi) is 7.27. The van der Waals surface area contributed by atoms with E-state index < -0.39 is 5.92 Å². The summed E-state index contributed by atoms with van der Waals surface area (Å²) in [6, 6.07) is 23.1. The molecule has 0 radical (unpaired) electrons. The number of amidine groups is 1. The second-order valence-corrected chi connectivity index (χ2v) is 10.6. The summed E-state index contributed by atoms with van der Waals surface area (Å²) in [7, 11) is 0. The molecule has 6 heteroatoms. The summed E-state index contributed by atoms with van der Waals surface area (Å²) in [5.74, 6) is -0.290. The van der Waals surface area contributed by atoms with E-state index in [4.69, 9.17) is 11.6 Å². The molecule has 37 heavy (non-hydrogen) atoms. The molecule has 3 aromatic rings. The number of aliphatic hydroxyl groups excluding tert-OH is 1. The number of carbonyl (C=O) groups excluding carboxylic acids is 1. The maximum atomic E-state index is 13.6. The molecule has 0 bridgehead atoms. The van der Waals surface area contributed by atoms with E-state index in [0.717, 1.165) is 34.7 Å². The number of Topliss-reactive ketones (excluding diaryl/α,β-unsaturated/α-hetero) is 1. The minimum absolute atomic E-state index is 0.0132. The van der Waals surface area contributed by atoms with Crippen LogP contribution in [0.5, 0.6) is 0 Å². The normalized spacial score (nSPS) is 19.2. The first-order chi connectivity index (χ1) is 17.9. The van der Waals surface area contributed by atoms with Crippen LogP contribution in [-0.2, 0) is 11.2 Å². The van der Waals surface area contributed by atoms with E-state index >= 15 is 0 Å². The molecule has 188 valence electrons. The molecule has 2 aliphatic rings. The molecule has 0 saturated carbocycles. The average molecular weight is 529 g/mol. The third kappa shape index (κ3) is 4.74. The molecule has 0 aromatic heterocycles. The minimum atomic E-state index is -0.534. The van der Waals surface area contributed by atoms with Crippen LogP contribution in [0.3, 0.4) is 0 Å². The molecule has 0 saturated heterocycles. The van der Waals surface area contributed by atoms with Crippen LogP contribution < -0.4 is 4.90 Å². The highest BCUT2D eigenvalue weighted by Crippen LogP contribution is 2.48. The Balaban J connectivity index is 1.79. The molecule has 1 atom stereocenters. The van der Waals surface area contributed by atoms with Gasteiger partial charge in [0.05, 0.1) is 0 Å². The first-order valence-electron chi connectivity index (χ1n) is 12.5. The maximum Gasteiger partial charge on any atom is 0.161 e. The number of ketones is 1. The Bertz CT molecular complexity index is 1410. The van der Waals surface area contributed by atoms with E-state index in [1.807, 2.05) is 47.6 Å². The zero-order valence-corrected chi connectivity index (χ0v) is 22.5. The maximum absolute atomic E-state index is 13.6. The zero-order chi connectivity index (χ0) is 26.1. The van der Waals surface area contributed by atoms with Crippen LogP contribution in [0.25, 0.3) is 5.76 Å². The Morgan fingerprint density at radius 3 is 2.32 bits per heavy atom. The van der Waals surface area contributed by atoms with Crippen LogP contribution in [0.4, 0.5) is 5.69 Å². The van der Waals surface area contributed by atoms with Gasteiger partial charge in [0.2, 0.25) is 0 Å². The van der Waals surface area contributed by atoms with Crippen molar-refractivity contribution in [2.45, 2.75) is 43.4 Å². The van der Waals surface area contributed by atoms with Gasteiger partial charge in [0.15, 0.2) is 5.78 Å². The standard InChI is InChI=1S/C31H29ClN2O2S/c1-3-19-7-15-23(16-8-19)34-25-5-4-6-26(35)28(25)27(20-11-17-24(37-2)18-12-20)29(31(34)33)30(36)21-9-13-22(32)14-10-21/h7-18,27,33,36H,3-6H2,1-2H3/b30-29+,33-31?. The number of nitrogens with zero attached hydrogens (tertiary/aromatic N) is 1. The van der Waals surface area contributed by atoms with Crippen molar-refractivity contribution < 1.29 is 9.90 Å². The predicted octanol–water partition coefficient (Wildman–Crippen LogP) is 8.18. The van der Waals surface area contributed by atoms with Gasteiger partial charge >= 0.3 is 0 Å². The van der Waals surface area contributed by atoms with Gasteiger partial charge in [0.1, 0.15) is 11.6 Å². The SMILES string of the molecule is CCc1ccc(N2C(=N)/C(=C(/O)c3ccc(Cl)cc3)C(c3ccc(SC)cc3)C3=C2CCCC3=O)cc1. The van der Waals surface area contributed by atoms with Crippen molar-refractivity contribution in [3.63, 3.8) is 0 Å². The molecule has 2 N–H and O–H groups in total. The lowest BCUT2D eigenvalue weighted by molar-refractivity contribution is -0.116. The van der Waals surface area contributed by atoms with Gasteiger partial charge in [-0.05, 0) is 85.2 Å². The minimum Gasteiger partial charge on any atom is -0.507 e. The Morgan fingerprint density at radius 1 is 1.03 bits per heavy atom. The number of aliphatic hydroxyl groups is 1. The lowest BCUT2D eigenvalue weighted by atomic mass is 9.73. The van der Waals surface area contributed by atoms with Crippen LogP contribution in [0.1, 0.15) is 48.8 Å². The van der Waals surface area contributed by atoms with Crippen LogP contribution in [0.15, 0.2) is 94.5 Å². The molecule has 1 aliphatic heterocycles. The third-order valence-electron chi connectivity index (χ3n) is 7.18. The second-order valence-electron chi connectivity index (χ2n) is 9.32. The molecular weight excluding hydrogens is 500 g/mol. The van der Waals surface area contributed by atoms with Gasteiger partial charge in [-0.1, -0.05) is 42.8 Å². The summed E-state index contributed by atoms with van der Waals surface area (Å²) in [6.07, 6.45) is 4.85. The van der Waals surface area contributed by atoms with E-state index in [0.29, 0.717) is 34.6 Å². The Labute approximate surface area is 227 Å². The van der Waals surface area contributed by atoms with Crippen molar-refractivity contribution in [3.05, 3.63) is 111 Å². The topological polar surface area (TPSA) is 64.4 Å². The van der Waals surface area contributed by atoms with Gasteiger partial charge in [0.25, 0.3) is 0 Å². The predicted molar refractivity (Wildman–Crippen MR) is 154 cm³/mol. The van der Waals surface area contributed by atoms with Crippen molar-refractivity contribution in [2.75, 3.05) is 11.2 Å². The molecule has 1 aliphatic carbocycles. The average Bonchev–Trinajstić information content (AvgIpc) is 2.93. The van der Waals surface area contributed by atoms with E-state index in [-0.39, 0.29) is 17.4 Å². The summed E-state index contributed by atoms with van der Waals surface area (Å²) in [6.45, 7) is 2.11. The van der Waals surface area contributed by atoms with Crippen LogP contribution in [0, 0.1) is 5.41 Å². The highest BCUT2D eigenvalue weighted by Gasteiger charge is 2.43. The number of anilines is 1. The van der Waals surface area contributed by atoms with Crippen molar-refractivity contribution in [3.8, 4) is 0 Å². The molecule has 0 fully saturated rings. The number of carbonyl (C=O) groups is 1. The number of hydrogen-bond acceptors (Lipinski definition) is 4. The summed E-state index contributed by atoms with van der Waals surface area (Å²) in [5, 5.41) is 21.7. The van der Waals surface area contributed by atoms with E-state index in [1.165, 1.54) is 5.56 Å². The second kappa shape index (κ2) is 10.6. The molecule has 5 rings (SSSR count). The lowest BCUT2D eigenvalue weighted by Gasteiger charge is -2.42. The van der Waals surface area contributed by atoms with Gasteiger partial charge in [0, 0.05) is 50.4 Å². The van der Waals surface area contributed by atoms with Crippen molar-refractivity contribution in [1.29, 1.82) is 5.41 Å². The van der Waals surface area contributed by atoms with Crippen LogP contribution in [0.2, 0.25) is 5.02 Å². The molecular formula is C31H29ClN2O2S. The summed E-state index contributed by atoms with van der Waals surface area (Å²) in [5.41, 5.74) is 5.43. The number of aryl methyl sites for hydroxylation is 1. The number of thioether (sulfide) groups is 1. The highest BCUT2D eigenvalue weighted by atomic mass is 35.5. The summed E-state index contributed by atoms with van der Waals surface area (Å²) in [4.78, 5) is 16.6. The van der Waals surface area contributed by atoms with Crippen molar-refractivity contribution in [1.82, 2.24) is 0 Å². The van der Waals surface area contributed by atoms with Crippen LogP contribution >= 0.6 is 23.4 Å². The monoisotopic (exact) mass is 528 g/mol. The Hall–Kier alpha value is -3.28. The van der Waals surface area contributed by atoms with Gasteiger partial charge < -0.3 is 5.11 Å². The van der Waals surface area contributed by atoms with Crippen LogP contribution in [-0.4, -0.2) is 23.0 Å². The summed E-state index contributed by atoms with van der Waals surface area (Å²) < 4.78 is 0. The number of nitrogens with one attached hydrogen (secondary N) is 1. The number of benzene rings is 3. The summed E-state index contributed by atoms with van der Waals surface area (Å²) >= 11 is 7.77. The van der Waals surface area contributed by atoms with Gasteiger partial charge in [-0.3, -0.25) is 15.1 Å². The highest BCUT2D eigenvalue weighted by molar-refractivity contribution is 7.98. The number of hydrogen-bond donors (Lipinski definition) is 2. The fourth-order valence-electron chi connectivity index (χ4n) is 5.25. The zero-order valence-electron chi connectivity index (χ0n) is 20.9. The third-order valence-corrected chi connectivity index (χ3v) is 8.17.